The van der Waals surface area contributed by atoms with Crippen molar-refractivity contribution in [3.8, 4) is 0 Å². The maximum atomic E-state index is 11.4. The van der Waals surface area contributed by atoms with Gasteiger partial charge in [0.15, 0.2) is 0 Å². The fourth-order valence-electron chi connectivity index (χ4n) is 3.84. The van der Waals surface area contributed by atoms with Gasteiger partial charge in [0.25, 0.3) is 0 Å². The number of fused-ring (bicyclic) bond motifs is 1. The number of aromatic carboxylic acids is 1. The number of hydrogen-bond donors (Lipinski definition) is 1. The van der Waals surface area contributed by atoms with Gasteiger partial charge in [-0.3, -0.25) is 4.98 Å². The van der Waals surface area contributed by atoms with Gasteiger partial charge in [-0.15, -0.1) is 0 Å². The third-order valence-corrected chi connectivity index (χ3v) is 4.94. The van der Waals surface area contributed by atoms with Crippen LogP contribution < -0.4 is 4.90 Å². The average molecular weight is 289 g/mol. The number of pyridine rings is 1. The van der Waals surface area contributed by atoms with Crippen molar-refractivity contribution in [2.75, 3.05) is 31.6 Å². The van der Waals surface area contributed by atoms with Crippen LogP contribution >= 0.6 is 0 Å². The first-order valence-electron chi connectivity index (χ1n) is 7.71. The molecule has 21 heavy (non-hydrogen) atoms. The van der Waals surface area contributed by atoms with Crippen molar-refractivity contribution in [2.24, 2.45) is 5.92 Å². The fourth-order valence-corrected chi connectivity index (χ4v) is 3.84. The molecule has 2 aliphatic rings. The molecule has 2 aliphatic heterocycles. The van der Waals surface area contributed by atoms with Crippen LogP contribution in [-0.4, -0.2) is 53.7 Å². The minimum atomic E-state index is -0.889. The third-order valence-electron chi connectivity index (χ3n) is 4.94. The van der Waals surface area contributed by atoms with E-state index < -0.39 is 5.97 Å². The monoisotopic (exact) mass is 289 g/mol. The lowest BCUT2D eigenvalue weighted by atomic mass is 9.84. The van der Waals surface area contributed by atoms with Crippen LogP contribution in [0.15, 0.2) is 12.3 Å². The van der Waals surface area contributed by atoms with Crippen LogP contribution in [0.5, 0.6) is 0 Å². The van der Waals surface area contributed by atoms with Crippen molar-refractivity contribution in [2.45, 2.75) is 32.2 Å². The molecule has 0 bridgehead atoms. The Morgan fingerprint density at radius 1 is 1.38 bits per heavy atom. The van der Waals surface area contributed by atoms with Gasteiger partial charge in [0.05, 0.1) is 5.69 Å². The van der Waals surface area contributed by atoms with E-state index in [0.29, 0.717) is 17.5 Å². The van der Waals surface area contributed by atoms with E-state index in [-0.39, 0.29) is 0 Å². The molecule has 1 aromatic heterocycles. The van der Waals surface area contributed by atoms with E-state index >= 15 is 0 Å². The molecule has 0 aromatic carbocycles. The van der Waals surface area contributed by atoms with E-state index in [2.05, 4.69) is 21.8 Å². The zero-order chi connectivity index (χ0) is 15.0. The van der Waals surface area contributed by atoms with Crippen LogP contribution in [0.3, 0.4) is 0 Å². The zero-order valence-electron chi connectivity index (χ0n) is 12.7. The Hall–Kier alpha value is -1.62. The Morgan fingerprint density at radius 2 is 2.19 bits per heavy atom. The molecular weight excluding hydrogens is 266 g/mol. The van der Waals surface area contributed by atoms with Gasteiger partial charge in [-0.25, -0.2) is 4.79 Å². The fraction of sp³-hybridized carbons (Fsp3) is 0.625. The van der Waals surface area contributed by atoms with Crippen LogP contribution in [0.2, 0.25) is 0 Å². The molecule has 0 aliphatic carbocycles. The van der Waals surface area contributed by atoms with Crippen molar-refractivity contribution >= 4 is 11.7 Å². The number of carboxylic acid groups (broad SMARTS) is 1. The number of likely N-dealkylation sites (tertiary alicyclic amines) is 1. The Balaban J connectivity index is 1.85. The third kappa shape index (κ3) is 2.75. The predicted molar refractivity (Wildman–Crippen MR) is 81.9 cm³/mol. The highest BCUT2D eigenvalue weighted by Gasteiger charge is 2.35. The molecule has 2 atom stereocenters. The first-order chi connectivity index (χ1) is 10.1. The maximum Gasteiger partial charge on any atom is 0.339 e. The lowest BCUT2D eigenvalue weighted by Crippen LogP contribution is -2.53. The van der Waals surface area contributed by atoms with Crippen molar-refractivity contribution in [1.29, 1.82) is 0 Å². The Kier molecular flexibility index (Phi) is 3.85. The van der Waals surface area contributed by atoms with Crippen molar-refractivity contribution in [3.63, 3.8) is 0 Å². The van der Waals surface area contributed by atoms with Crippen LogP contribution in [0.25, 0.3) is 0 Å². The van der Waals surface area contributed by atoms with Crippen LogP contribution in [0, 0.1) is 12.8 Å². The summed E-state index contributed by atoms with van der Waals surface area (Å²) in [5.74, 6) is -0.243. The SMILES string of the molecule is Cc1cc(N2CCC3C(CCCN3C)C2)c(C(=O)O)cn1. The number of anilines is 1. The van der Waals surface area contributed by atoms with Crippen molar-refractivity contribution in [3.05, 3.63) is 23.5 Å². The number of carboxylic acids is 1. The number of aryl methyl sites for hydroxylation is 1. The van der Waals surface area contributed by atoms with Gasteiger partial charge in [-0.05, 0) is 51.8 Å². The molecule has 2 unspecified atom stereocenters. The number of nitrogens with zero attached hydrogens (tertiary/aromatic N) is 3. The van der Waals surface area contributed by atoms with Crippen LogP contribution in [0.4, 0.5) is 5.69 Å². The zero-order valence-corrected chi connectivity index (χ0v) is 12.7. The predicted octanol–water partition coefficient (Wildman–Crippen LogP) is 2.01. The summed E-state index contributed by atoms with van der Waals surface area (Å²) in [6.45, 7) is 4.99. The van der Waals surface area contributed by atoms with Gasteiger partial charge in [0, 0.05) is 31.0 Å². The number of carbonyl (C=O) groups is 1. The first-order valence-corrected chi connectivity index (χ1v) is 7.71. The molecule has 5 heteroatoms. The molecule has 2 saturated heterocycles. The van der Waals surface area contributed by atoms with E-state index in [1.807, 2.05) is 13.0 Å². The molecule has 0 saturated carbocycles. The molecule has 1 N–H and O–H groups in total. The molecular formula is C16H23N3O2. The Bertz CT molecular complexity index is 546. The van der Waals surface area contributed by atoms with E-state index in [1.165, 1.54) is 25.6 Å². The highest BCUT2D eigenvalue weighted by molar-refractivity contribution is 5.94. The summed E-state index contributed by atoms with van der Waals surface area (Å²) in [4.78, 5) is 20.3. The smallest absolute Gasteiger partial charge is 0.339 e. The molecule has 3 heterocycles. The summed E-state index contributed by atoms with van der Waals surface area (Å²) in [7, 11) is 2.21. The second-order valence-electron chi connectivity index (χ2n) is 6.33. The summed E-state index contributed by atoms with van der Waals surface area (Å²) in [6, 6.07) is 2.57. The molecule has 0 radical (unpaired) electrons. The van der Waals surface area contributed by atoms with E-state index in [0.717, 1.165) is 30.9 Å². The molecule has 2 fully saturated rings. The second-order valence-corrected chi connectivity index (χ2v) is 6.33. The summed E-state index contributed by atoms with van der Waals surface area (Å²) in [5.41, 5.74) is 2.03. The van der Waals surface area contributed by atoms with E-state index in [4.69, 9.17) is 0 Å². The number of aromatic nitrogens is 1. The molecule has 0 amide bonds. The van der Waals surface area contributed by atoms with Gasteiger partial charge in [-0.1, -0.05) is 0 Å². The Morgan fingerprint density at radius 3 is 2.95 bits per heavy atom. The standard InChI is InChI=1S/C16H23N3O2/c1-11-8-15(13(9-17-11)16(20)21)19-7-5-14-12(10-19)4-3-6-18(14)2/h8-9,12,14H,3-7,10H2,1-2H3,(H,20,21). The molecule has 3 rings (SSSR count). The van der Waals surface area contributed by atoms with Crippen LogP contribution in [-0.2, 0) is 0 Å². The minimum absolute atomic E-state index is 0.322. The lowest BCUT2D eigenvalue weighted by Gasteiger charge is -2.46. The van der Waals surface area contributed by atoms with E-state index in [1.54, 1.807) is 0 Å². The van der Waals surface area contributed by atoms with Gasteiger partial charge in [0.1, 0.15) is 5.56 Å². The summed E-state index contributed by atoms with van der Waals surface area (Å²) < 4.78 is 0. The minimum Gasteiger partial charge on any atom is -0.478 e. The van der Waals surface area contributed by atoms with Gasteiger partial charge in [0.2, 0.25) is 0 Å². The molecule has 114 valence electrons. The highest BCUT2D eigenvalue weighted by atomic mass is 16.4. The number of rotatable bonds is 2. The van der Waals surface area contributed by atoms with Gasteiger partial charge >= 0.3 is 5.97 Å². The average Bonchev–Trinajstić information content (AvgIpc) is 2.46. The van der Waals surface area contributed by atoms with Gasteiger partial charge < -0.3 is 14.9 Å². The summed E-state index contributed by atoms with van der Waals surface area (Å²) >= 11 is 0. The number of piperidine rings is 2. The quantitative estimate of drug-likeness (QED) is 0.902. The largest absolute Gasteiger partial charge is 0.478 e. The highest BCUT2D eigenvalue weighted by Crippen LogP contribution is 2.33. The topological polar surface area (TPSA) is 56.7 Å². The van der Waals surface area contributed by atoms with E-state index in [9.17, 15) is 9.90 Å². The van der Waals surface area contributed by atoms with Gasteiger partial charge in [-0.2, -0.15) is 0 Å². The molecule has 1 aromatic rings. The van der Waals surface area contributed by atoms with Crippen LogP contribution in [0.1, 0.15) is 35.3 Å². The van der Waals surface area contributed by atoms with Crippen molar-refractivity contribution in [1.82, 2.24) is 9.88 Å². The first kappa shape index (κ1) is 14.3. The molecule has 0 spiro atoms. The summed E-state index contributed by atoms with van der Waals surface area (Å²) in [5, 5.41) is 9.39. The maximum absolute atomic E-state index is 11.4. The Labute approximate surface area is 125 Å². The lowest BCUT2D eigenvalue weighted by molar-refractivity contribution is 0.0696. The normalized spacial score (nSPS) is 26.5. The summed E-state index contributed by atoms with van der Waals surface area (Å²) in [6.07, 6.45) is 5.10. The van der Waals surface area contributed by atoms with Crippen molar-refractivity contribution < 1.29 is 9.90 Å². The molecule has 5 nitrogen and oxygen atoms in total. The second kappa shape index (κ2) is 5.64. The number of hydrogen-bond acceptors (Lipinski definition) is 4.